The van der Waals surface area contributed by atoms with E-state index in [1.807, 2.05) is 0 Å². The van der Waals surface area contributed by atoms with Crippen molar-refractivity contribution in [2.45, 2.75) is 51.6 Å². The molecule has 0 aromatic carbocycles. The highest BCUT2D eigenvalue weighted by atomic mass is 16.6. The van der Waals surface area contributed by atoms with Crippen LogP contribution in [0.25, 0.3) is 0 Å². The quantitative estimate of drug-likeness (QED) is 0.233. The number of ether oxygens (including phenoxy) is 1. The molecule has 100 valence electrons. The third-order valence-electron chi connectivity index (χ3n) is 3.76. The fraction of sp³-hybridized carbons (Fsp3) is 0.867. The smallest absolute Gasteiger partial charge is 0.0969 e. The topological polar surface area (TPSA) is 12.5 Å². The van der Waals surface area contributed by atoms with E-state index in [9.17, 15) is 0 Å². The molecule has 1 saturated heterocycles. The predicted molar refractivity (Wildman–Crippen MR) is 74.1 cm³/mol. The molecule has 0 aliphatic carbocycles. The summed E-state index contributed by atoms with van der Waals surface area (Å²) in [6, 6.07) is 0. The fourth-order valence-corrected chi connectivity index (χ4v) is 2.39. The van der Waals surface area contributed by atoms with Crippen molar-refractivity contribution in [3.63, 3.8) is 0 Å². The van der Waals surface area contributed by atoms with E-state index < -0.39 is 0 Å². The molecule has 2 nitrogen and oxygen atoms in total. The maximum absolute atomic E-state index is 5.30. The van der Waals surface area contributed by atoms with Gasteiger partial charge >= 0.3 is 0 Å². The lowest BCUT2D eigenvalue weighted by molar-refractivity contribution is -0.904. The average molecular weight is 240 g/mol. The summed E-state index contributed by atoms with van der Waals surface area (Å²) in [4.78, 5) is 0. The number of hydrogen-bond donors (Lipinski definition) is 0. The van der Waals surface area contributed by atoms with E-state index in [4.69, 9.17) is 4.74 Å². The van der Waals surface area contributed by atoms with E-state index in [2.05, 4.69) is 26.6 Å². The van der Waals surface area contributed by atoms with Gasteiger partial charge in [0.1, 0.15) is 0 Å². The van der Waals surface area contributed by atoms with E-state index in [-0.39, 0.29) is 0 Å². The van der Waals surface area contributed by atoms with Gasteiger partial charge in [0.05, 0.1) is 39.4 Å². The molecule has 0 radical (unpaired) electrons. The number of likely N-dealkylation sites (N-methyl/N-ethyl adjacent to an activating group) is 1. The van der Waals surface area contributed by atoms with Gasteiger partial charge in [0.15, 0.2) is 0 Å². The summed E-state index contributed by atoms with van der Waals surface area (Å²) in [6.07, 6.45) is 10.7. The van der Waals surface area contributed by atoms with Gasteiger partial charge in [-0.1, -0.05) is 32.8 Å². The van der Waals surface area contributed by atoms with Crippen LogP contribution >= 0.6 is 0 Å². The molecular weight excluding hydrogens is 210 g/mol. The number of quaternary nitrogens is 1. The number of epoxide rings is 1. The van der Waals surface area contributed by atoms with E-state index in [0.717, 1.165) is 17.6 Å². The Morgan fingerprint density at radius 2 is 1.94 bits per heavy atom. The highest BCUT2D eigenvalue weighted by Gasteiger charge is 2.27. The first kappa shape index (κ1) is 14.7. The van der Waals surface area contributed by atoms with Gasteiger partial charge in [-0.2, -0.15) is 0 Å². The van der Waals surface area contributed by atoms with Crippen molar-refractivity contribution in [3.8, 4) is 0 Å². The molecule has 0 spiro atoms. The second-order valence-electron chi connectivity index (χ2n) is 5.70. The molecule has 17 heavy (non-hydrogen) atoms. The molecule has 2 heteroatoms. The summed E-state index contributed by atoms with van der Waals surface area (Å²) in [5.74, 6) is 0. The molecule has 0 N–H and O–H groups in total. The Bertz CT molecular complexity index is 213. The summed E-state index contributed by atoms with van der Waals surface area (Å²) in [5, 5.41) is 0. The Kier molecular flexibility index (Phi) is 6.83. The number of rotatable bonds is 11. The molecule has 1 aliphatic heterocycles. The third kappa shape index (κ3) is 6.85. The number of hydrogen-bond acceptors (Lipinski definition) is 1. The van der Waals surface area contributed by atoms with Crippen LogP contribution in [0.4, 0.5) is 0 Å². The first-order valence-corrected chi connectivity index (χ1v) is 7.26. The molecule has 1 heterocycles. The lowest BCUT2D eigenvalue weighted by Crippen LogP contribution is -2.46. The lowest BCUT2D eigenvalue weighted by atomic mass is 10.1. The van der Waals surface area contributed by atoms with Crippen LogP contribution in [0.15, 0.2) is 12.7 Å². The normalized spacial score (nSPS) is 22.1. The Hall–Kier alpha value is -0.340. The van der Waals surface area contributed by atoms with Crippen molar-refractivity contribution >= 4 is 0 Å². The van der Waals surface area contributed by atoms with Gasteiger partial charge in [-0.05, 0) is 18.9 Å². The maximum atomic E-state index is 5.30. The van der Waals surface area contributed by atoms with E-state index >= 15 is 0 Å². The van der Waals surface area contributed by atoms with Crippen LogP contribution in [0.2, 0.25) is 0 Å². The highest BCUT2D eigenvalue weighted by molar-refractivity contribution is 4.70. The van der Waals surface area contributed by atoms with Gasteiger partial charge in [0.25, 0.3) is 0 Å². The van der Waals surface area contributed by atoms with Crippen molar-refractivity contribution in [1.29, 1.82) is 0 Å². The zero-order valence-electron chi connectivity index (χ0n) is 11.8. The Labute approximate surface area is 107 Å². The highest BCUT2D eigenvalue weighted by Crippen LogP contribution is 2.17. The standard InChI is InChI=1S/C15H30NO/c1-4-6-7-8-9-12-16(3,11-5-2)13-10-15-14-17-15/h5,15H,2,4,6-14H2,1,3H3/q+1. The molecule has 1 aliphatic rings. The molecule has 0 aromatic heterocycles. The Balaban J connectivity index is 2.16. The van der Waals surface area contributed by atoms with Crippen LogP contribution in [0.5, 0.6) is 0 Å². The minimum Gasteiger partial charge on any atom is -0.373 e. The lowest BCUT2D eigenvalue weighted by Gasteiger charge is -2.33. The van der Waals surface area contributed by atoms with E-state index in [1.165, 1.54) is 51.6 Å². The van der Waals surface area contributed by atoms with Crippen molar-refractivity contribution in [2.24, 2.45) is 0 Å². The second-order valence-corrected chi connectivity index (χ2v) is 5.70. The van der Waals surface area contributed by atoms with Crippen LogP contribution in [-0.2, 0) is 4.74 Å². The molecule has 0 amide bonds. The van der Waals surface area contributed by atoms with Gasteiger partial charge < -0.3 is 9.22 Å². The van der Waals surface area contributed by atoms with Gasteiger partial charge in [-0.15, -0.1) is 0 Å². The van der Waals surface area contributed by atoms with Crippen LogP contribution in [0.3, 0.4) is 0 Å². The molecule has 1 rings (SSSR count). The van der Waals surface area contributed by atoms with Gasteiger partial charge in [0.2, 0.25) is 0 Å². The minimum absolute atomic E-state index is 0.567. The monoisotopic (exact) mass is 240 g/mol. The van der Waals surface area contributed by atoms with Crippen LogP contribution in [-0.4, -0.2) is 43.9 Å². The SMILES string of the molecule is C=CC[N+](C)(CCCCCCC)CCC1CO1. The second kappa shape index (κ2) is 7.88. The van der Waals surface area contributed by atoms with Crippen LogP contribution in [0.1, 0.15) is 45.4 Å². The minimum atomic E-state index is 0.567. The van der Waals surface area contributed by atoms with Gasteiger partial charge in [-0.25, -0.2) is 0 Å². The van der Waals surface area contributed by atoms with Gasteiger partial charge in [-0.3, -0.25) is 0 Å². The largest absolute Gasteiger partial charge is 0.373 e. The Morgan fingerprint density at radius 1 is 1.24 bits per heavy atom. The molecule has 0 saturated carbocycles. The zero-order valence-corrected chi connectivity index (χ0v) is 11.8. The third-order valence-corrected chi connectivity index (χ3v) is 3.76. The molecule has 0 aromatic rings. The number of nitrogens with zero attached hydrogens (tertiary/aromatic N) is 1. The van der Waals surface area contributed by atoms with Crippen LogP contribution < -0.4 is 0 Å². The van der Waals surface area contributed by atoms with Crippen molar-refractivity contribution in [2.75, 3.05) is 33.3 Å². The van der Waals surface area contributed by atoms with Crippen molar-refractivity contribution in [3.05, 3.63) is 12.7 Å². The summed E-state index contributed by atoms with van der Waals surface area (Å²) >= 11 is 0. The first-order chi connectivity index (χ1) is 8.20. The number of unbranched alkanes of at least 4 members (excludes halogenated alkanes) is 4. The summed E-state index contributed by atoms with van der Waals surface area (Å²) in [6.45, 7) is 10.8. The summed E-state index contributed by atoms with van der Waals surface area (Å²) in [7, 11) is 2.36. The van der Waals surface area contributed by atoms with Crippen molar-refractivity contribution < 1.29 is 9.22 Å². The fourth-order valence-electron chi connectivity index (χ4n) is 2.39. The van der Waals surface area contributed by atoms with Crippen molar-refractivity contribution in [1.82, 2.24) is 0 Å². The van der Waals surface area contributed by atoms with Gasteiger partial charge in [0, 0.05) is 6.42 Å². The van der Waals surface area contributed by atoms with E-state index in [0.29, 0.717) is 6.10 Å². The van der Waals surface area contributed by atoms with Crippen LogP contribution in [0, 0.1) is 0 Å². The summed E-state index contributed by atoms with van der Waals surface area (Å²) in [5.41, 5.74) is 0. The average Bonchev–Trinajstić information content (AvgIpc) is 3.11. The molecular formula is C15H30NO+. The first-order valence-electron chi connectivity index (χ1n) is 7.26. The molecule has 2 unspecified atom stereocenters. The summed E-state index contributed by atoms with van der Waals surface area (Å²) < 4.78 is 6.45. The Morgan fingerprint density at radius 3 is 2.53 bits per heavy atom. The zero-order chi connectivity index (χ0) is 12.6. The van der Waals surface area contributed by atoms with E-state index in [1.54, 1.807) is 0 Å². The predicted octanol–water partition coefficient (Wildman–Crippen LogP) is 3.38. The molecule has 0 bridgehead atoms. The maximum Gasteiger partial charge on any atom is 0.0969 e. The molecule has 2 atom stereocenters. The molecule has 1 fully saturated rings.